The molecule has 6 nitrogen and oxygen atoms in total. The molecule has 0 amide bonds. The molecule has 3 aromatic rings. The van der Waals surface area contributed by atoms with Crippen LogP contribution in [0.1, 0.15) is 44.1 Å². The van der Waals surface area contributed by atoms with Gasteiger partial charge in [0.25, 0.3) is 0 Å². The largest absolute Gasteiger partial charge is 0.371 e. The lowest BCUT2D eigenvalue weighted by Gasteiger charge is -2.47. The predicted molar refractivity (Wildman–Crippen MR) is 157 cm³/mol. The fourth-order valence-corrected chi connectivity index (χ4v) is 8.72. The Morgan fingerprint density at radius 3 is 2.05 bits per heavy atom. The van der Waals surface area contributed by atoms with Crippen molar-refractivity contribution < 1.29 is 8.42 Å². The standard InChI is InChI=1S/C33H38N4O2S/c34-25-33(28-8-4-5-9-28,27-6-2-1-3-7-27)29-16-20-36(21-17-29)22-26-23-37(24-26)30-10-12-31(13-11-30)40(38,39)32-14-18-35-19-15-32/h1-3,6-7,10-15,18-19,26,28-29H,4-5,8-9,16-17,20-24H2. The maximum atomic E-state index is 12.9. The van der Waals surface area contributed by atoms with Crippen molar-refractivity contribution in [1.82, 2.24) is 9.88 Å². The number of aromatic nitrogens is 1. The first-order chi connectivity index (χ1) is 19.5. The van der Waals surface area contributed by atoms with Gasteiger partial charge in [-0.05, 0) is 92.6 Å². The van der Waals surface area contributed by atoms with Gasteiger partial charge in [0.15, 0.2) is 0 Å². The quantitative estimate of drug-likeness (QED) is 0.355. The summed E-state index contributed by atoms with van der Waals surface area (Å²) in [6.45, 7) is 5.19. The van der Waals surface area contributed by atoms with E-state index < -0.39 is 9.84 Å². The number of sulfone groups is 1. The first-order valence-electron chi connectivity index (χ1n) is 14.7. The van der Waals surface area contributed by atoms with E-state index in [1.807, 2.05) is 12.1 Å². The molecule has 3 aliphatic rings. The van der Waals surface area contributed by atoms with Crippen LogP contribution in [0.25, 0.3) is 0 Å². The Morgan fingerprint density at radius 2 is 1.43 bits per heavy atom. The molecule has 2 aromatic carbocycles. The monoisotopic (exact) mass is 554 g/mol. The van der Waals surface area contributed by atoms with E-state index in [1.54, 1.807) is 12.1 Å². The van der Waals surface area contributed by atoms with Crippen LogP contribution in [0.4, 0.5) is 5.69 Å². The van der Waals surface area contributed by atoms with Gasteiger partial charge in [-0.2, -0.15) is 5.26 Å². The zero-order valence-corrected chi connectivity index (χ0v) is 23.8. The van der Waals surface area contributed by atoms with Crippen LogP contribution in [-0.4, -0.2) is 51.0 Å². The van der Waals surface area contributed by atoms with Crippen molar-refractivity contribution in [3.63, 3.8) is 0 Å². The summed E-state index contributed by atoms with van der Waals surface area (Å²) in [5.41, 5.74) is 1.95. The van der Waals surface area contributed by atoms with Gasteiger partial charge in [-0.3, -0.25) is 4.98 Å². The maximum absolute atomic E-state index is 12.9. The van der Waals surface area contributed by atoms with Gasteiger partial charge in [0.1, 0.15) is 0 Å². The second-order valence-corrected chi connectivity index (χ2v) is 13.8. The van der Waals surface area contributed by atoms with E-state index in [-0.39, 0.29) is 10.3 Å². The lowest BCUT2D eigenvalue weighted by atomic mass is 9.60. The average Bonchev–Trinajstić information content (AvgIpc) is 3.53. The predicted octanol–water partition coefficient (Wildman–Crippen LogP) is 5.71. The van der Waals surface area contributed by atoms with Crippen LogP contribution in [-0.2, 0) is 15.3 Å². The molecule has 0 bridgehead atoms. The molecule has 40 heavy (non-hydrogen) atoms. The smallest absolute Gasteiger partial charge is 0.206 e. The number of hydrogen-bond donors (Lipinski definition) is 0. The average molecular weight is 555 g/mol. The summed E-state index contributed by atoms with van der Waals surface area (Å²) >= 11 is 0. The highest BCUT2D eigenvalue weighted by molar-refractivity contribution is 7.91. The van der Waals surface area contributed by atoms with E-state index in [2.05, 4.69) is 51.2 Å². The van der Waals surface area contributed by atoms with Gasteiger partial charge < -0.3 is 9.80 Å². The number of pyridine rings is 1. The van der Waals surface area contributed by atoms with E-state index in [1.165, 1.54) is 55.8 Å². The Kier molecular flexibility index (Phi) is 7.65. The molecule has 6 rings (SSSR count). The van der Waals surface area contributed by atoms with Crippen LogP contribution in [0.15, 0.2) is 88.9 Å². The maximum Gasteiger partial charge on any atom is 0.206 e. The molecular formula is C33H38N4O2S. The Labute approximate surface area is 238 Å². The van der Waals surface area contributed by atoms with E-state index in [4.69, 9.17) is 0 Å². The van der Waals surface area contributed by atoms with Crippen LogP contribution in [0, 0.1) is 29.1 Å². The van der Waals surface area contributed by atoms with Crippen LogP contribution < -0.4 is 4.90 Å². The summed E-state index contributed by atoms with van der Waals surface area (Å²) in [4.78, 5) is 9.42. The van der Waals surface area contributed by atoms with Crippen LogP contribution >= 0.6 is 0 Å². The zero-order chi connectivity index (χ0) is 27.6. The van der Waals surface area contributed by atoms with E-state index in [9.17, 15) is 13.7 Å². The fourth-order valence-electron chi connectivity index (χ4n) is 7.47. The second-order valence-electron chi connectivity index (χ2n) is 11.9. The van der Waals surface area contributed by atoms with E-state index in [0.29, 0.717) is 22.6 Å². The van der Waals surface area contributed by atoms with Gasteiger partial charge in [-0.25, -0.2) is 8.42 Å². The number of nitrogens with zero attached hydrogens (tertiary/aromatic N) is 4. The summed E-state index contributed by atoms with van der Waals surface area (Å²) in [5.74, 6) is 1.50. The van der Waals surface area contributed by atoms with Gasteiger partial charge >= 0.3 is 0 Å². The highest BCUT2D eigenvalue weighted by Crippen LogP contribution is 2.50. The normalized spacial score (nSPS) is 21.0. The lowest BCUT2D eigenvalue weighted by Crippen LogP contribution is -2.53. The topological polar surface area (TPSA) is 77.3 Å². The Balaban J connectivity index is 1.04. The molecule has 0 radical (unpaired) electrons. The van der Waals surface area contributed by atoms with Crippen molar-refractivity contribution >= 4 is 15.5 Å². The summed E-state index contributed by atoms with van der Waals surface area (Å²) in [7, 11) is -3.53. The zero-order valence-electron chi connectivity index (χ0n) is 23.0. The van der Waals surface area contributed by atoms with Crippen molar-refractivity contribution in [3.05, 3.63) is 84.7 Å². The number of nitriles is 1. The first-order valence-corrected chi connectivity index (χ1v) is 16.2. The molecule has 2 saturated heterocycles. The third-order valence-corrected chi connectivity index (χ3v) is 11.4. The first kappa shape index (κ1) is 27.0. The Hall–Kier alpha value is -3.21. The molecular weight excluding hydrogens is 516 g/mol. The van der Waals surface area contributed by atoms with Gasteiger partial charge in [-0.1, -0.05) is 43.2 Å². The molecule has 3 fully saturated rings. The summed E-state index contributed by atoms with van der Waals surface area (Å²) in [5, 5.41) is 10.7. The molecule has 2 aliphatic heterocycles. The second kappa shape index (κ2) is 11.3. The number of benzene rings is 2. The van der Waals surface area contributed by atoms with Crippen LogP contribution in [0.2, 0.25) is 0 Å². The van der Waals surface area contributed by atoms with E-state index >= 15 is 0 Å². The SMILES string of the molecule is N#CC(c1ccccc1)(C1CCCC1)C1CCN(CC2CN(c3ccc(S(=O)(=O)c4ccncc4)cc3)C2)CC1. The van der Waals surface area contributed by atoms with Crippen molar-refractivity contribution in [3.8, 4) is 6.07 Å². The Bertz CT molecular complexity index is 1420. The fraction of sp³-hybridized carbons (Fsp3) is 0.455. The van der Waals surface area contributed by atoms with Crippen molar-refractivity contribution in [2.75, 3.05) is 37.6 Å². The number of rotatable bonds is 8. The lowest BCUT2D eigenvalue weighted by molar-refractivity contribution is 0.103. The highest BCUT2D eigenvalue weighted by atomic mass is 32.2. The van der Waals surface area contributed by atoms with Gasteiger partial charge in [0.05, 0.1) is 21.3 Å². The molecule has 1 saturated carbocycles. The molecule has 1 atom stereocenters. The van der Waals surface area contributed by atoms with Crippen molar-refractivity contribution in [1.29, 1.82) is 5.26 Å². The summed E-state index contributed by atoms with van der Waals surface area (Å²) in [6.07, 6.45) is 10.0. The third-order valence-electron chi connectivity index (χ3n) is 9.61. The minimum absolute atomic E-state index is 0.266. The van der Waals surface area contributed by atoms with Crippen LogP contribution in [0.3, 0.4) is 0 Å². The minimum Gasteiger partial charge on any atom is -0.371 e. The van der Waals surface area contributed by atoms with Gasteiger partial charge in [0.2, 0.25) is 9.84 Å². The molecule has 3 heterocycles. The summed E-state index contributed by atoms with van der Waals surface area (Å²) in [6, 6.07) is 23.9. The molecule has 1 unspecified atom stereocenters. The third kappa shape index (κ3) is 5.04. The minimum atomic E-state index is -3.53. The van der Waals surface area contributed by atoms with E-state index in [0.717, 1.165) is 51.3 Å². The molecule has 1 aliphatic carbocycles. The highest BCUT2D eigenvalue weighted by Gasteiger charge is 2.48. The van der Waals surface area contributed by atoms with Gasteiger partial charge in [-0.15, -0.1) is 0 Å². The number of anilines is 1. The molecule has 1 aromatic heterocycles. The molecule has 208 valence electrons. The summed E-state index contributed by atoms with van der Waals surface area (Å²) < 4.78 is 25.7. The van der Waals surface area contributed by atoms with Gasteiger partial charge in [0, 0.05) is 43.6 Å². The number of hydrogen-bond acceptors (Lipinski definition) is 6. The molecule has 0 spiro atoms. The number of piperidine rings is 1. The van der Waals surface area contributed by atoms with Crippen LogP contribution in [0.5, 0.6) is 0 Å². The number of likely N-dealkylation sites (tertiary alicyclic amines) is 1. The van der Waals surface area contributed by atoms with Crippen molar-refractivity contribution in [2.45, 2.75) is 53.7 Å². The van der Waals surface area contributed by atoms with Crippen molar-refractivity contribution in [2.24, 2.45) is 17.8 Å². The Morgan fingerprint density at radius 1 is 0.825 bits per heavy atom. The molecule has 0 N–H and O–H groups in total. The molecule has 7 heteroatoms.